The molecule has 1 unspecified atom stereocenters. The van der Waals surface area contributed by atoms with Crippen LogP contribution in [0.5, 0.6) is 0 Å². The smallest absolute Gasteiger partial charge is 0.0701 e. The van der Waals surface area contributed by atoms with Crippen molar-refractivity contribution in [1.29, 1.82) is 0 Å². The molecule has 0 fully saturated rings. The van der Waals surface area contributed by atoms with Gasteiger partial charge in [-0.1, -0.05) is 30.3 Å². The Morgan fingerprint density at radius 2 is 1.79 bits per heavy atom. The van der Waals surface area contributed by atoms with Crippen LogP contribution in [0, 0.1) is 0 Å². The van der Waals surface area contributed by atoms with Crippen LogP contribution in [0.1, 0.15) is 11.1 Å². The van der Waals surface area contributed by atoms with Gasteiger partial charge >= 0.3 is 0 Å². The minimum absolute atomic E-state index is 0.0247. The fraction of sp³-hybridized carbons (Fsp3) is 0.200. The number of nitrogens with one attached hydrogen (secondary N) is 1. The number of para-hydroxylation sites is 1. The van der Waals surface area contributed by atoms with E-state index in [9.17, 15) is 9.32 Å². The molecule has 0 saturated carbocycles. The molecule has 2 aromatic carbocycles. The summed E-state index contributed by atoms with van der Waals surface area (Å²) in [5.41, 5.74) is 2.93. The maximum atomic E-state index is 11.3. The SMILES string of the molecule is CS(=O)c1ccc(CNc2ccccc2CO)cc1. The third kappa shape index (κ3) is 3.66. The Morgan fingerprint density at radius 3 is 2.42 bits per heavy atom. The first-order valence-corrected chi connectivity index (χ1v) is 7.61. The summed E-state index contributed by atoms with van der Waals surface area (Å²) in [5.74, 6) is 0. The standard InChI is InChI=1S/C15H17NO2S/c1-19(18)14-8-6-12(7-9-14)10-16-15-5-3-2-4-13(15)11-17/h2-9,16-17H,10-11H2,1H3. The molecule has 0 bridgehead atoms. The van der Waals surface area contributed by atoms with Crippen molar-refractivity contribution in [3.05, 3.63) is 59.7 Å². The maximum absolute atomic E-state index is 11.3. The highest BCUT2D eigenvalue weighted by Gasteiger charge is 2.01. The van der Waals surface area contributed by atoms with Gasteiger partial charge in [0, 0.05) is 39.7 Å². The molecule has 0 aromatic heterocycles. The van der Waals surface area contributed by atoms with Crippen LogP contribution < -0.4 is 5.32 Å². The minimum Gasteiger partial charge on any atom is -0.392 e. The normalized spacial score (nSPS) is 12.1. The van der Waals surface area contributed by atoms with Crippen molar-refractivity contribution in [1.82, 2.24) is 0 Å². The first kappa shape index (κ1) is 13.8. The topological polar surface area (TPSA) is 49.3 Å². The number of benzene rings is 2. The van der Waals surface area contributed by atoms with E-state index in [1.807, 2.05) is 48.5 Å². The number of aliphatic hydroxyl groups is 1. The third-order valence-corrected chi connectivity index (χ3v) is 3.86. The molecule has 0 saturated heterocycles. The number of hydrogen-bond acceptors (Lipinski definition) is 3. The fourth-order valence-corrected chi connectivity index (χ4v) is 2.35. The van der Waals surface area contributed by atoms with Crippen LogP contribution in [0.25, 0.3) is 0 Å². The van der Waals surface area contributed by atoms with Crippen molar-refractivity contribution in [3.8, 4) is 0 Å². The van der Waals surface area contributed by atoms with Crippen molar-refractivity contribution in [2.24, 2.45) is 0 Å². The lowest BCUT2D eigenvalue weighted by Crippen LogP contribution is -2.02. The lowest BCUT2D eigenvalue weighted by molar-refractivity contribution is 0.282. The molecule has 0 radical (unpaired) electrons. The monoisotopic (exact) mass is 275 g/mol. The van der Waals surface area contributed by atoms with Crippen molar-refractivity contribution in [2.45, 2.75) is 18.0 Å². The van der Waals surface area contributed by atoms with Crippen LogP contribution in [-0.2, 0) is 24.0 Å². The minimum atomic E-state index is -0.936. The lowest BCUT2D eigenvalue weighted by atomic mass is 10.1. The molecule has 2 rings (SSSR count). The van der Waals surface area contributed by atoms with Gasteiger partial charge in [0.1, 0.15) is 0 Å². The fourth-order valence-electron chi connectivity index (χ4n) is 1.83. The van der Waals surface area contributed by atoms with Crippen LogP contribution in [0.2, 0.25) is 0 Å². The Balaban J connectivity index is 2.04. The summed E-state index contributed by atoms with van der Waals surface area (Å²) in [6.45, 7) is 0.699. The first-order valence-electron chi connectivity index (χ1n) is 6.05. The number of anilines is 1. The largest absolute Gasteiger partial charge is 0.392 e. The van der Waals surface area contributed by atoms with Crippen molar-refractivity contribution in [3.63, 3.8) is 0 Å². The number of hydrogen-bond donors (Lipinski definition) is 2. The molecule has 2 N–H and O–H groups in total. The first-order chi connectivity index (χ1) is 9.20. The second-order valence-electron chi connectivity index (χ2n) is 4.27. The van der Waals surface area contributed by atoms with Crippen LogP contribution in [-0.4, -0.2) is 15.6 Å². The second-order valence-corrected chi connectivity index (χ2v) is 5.65. The van der Waals surface area contributed by atoms with Gasteiger partial charge in [-0.2, -0.15) is 0 Å². The van der Waals surface area contributed by atoms with Crippen LogP contribution >= 0.6 is 0 Å². The summed E-state index contributed by atoms with van der Waals surface area (Å²) < 4.78 is 11.3. The zero-order valence-electron chi connectivity index (χ0n) is 10.8. The van der Waals surface area contributed by atoms with Gasteiger partial charge in [-0.25, -0.2) is 0 Å². The summed E-state index contributed by atoms with van der Waals surface area (Å²) in [7, 11) is -0.936. The third-order valence-electron chi connectivity index (χ3n) is 2.93. The average molecular weight is 275 g/mol. The predicted molar refractivity (Wildman–Crippen MR) is 78.5 cm³/mol. The highest BCUT2D eigenvalue weighted by molar-refractivity contribution is 7.84. The summed E-state index contributed by atoms with van der Waals surface area (Å²) in [5, 5.41) is 12.5. The summed E-state index contributed by atoms with van der Waals surface area (Å²) >= 11 is 0. The molecule has 4 heteroatoms. The Kier molecular flexibility index (Phi) is 4.71. The van der Waals surface area contributed by atoms with Crippen molar-refractivity contribution in [2.75, 3.05) is 11.6 Å². The van der Waals surface area contributed by atoms with E-state index in [1.54, 1.807) is 6.26 Å². The van der Waals surface area contributed by atoms with Crippen molar-refractivity contribution >= 4 is 16.5 Å². The Morgan fingerprint density at radius 1 is 1.11 bits per heavy atom. The molecule has 0 aliphatic heterocycles. The molecule has 0 heterocycles. The van der Waals surface area contributed by atoms with Gasteiger partial charge in [0.2, 0.25) is 0 Å². The molecule has 0 spiro atoms. The summed E-state index contributed by atoms with van der Waals surface area (Å²) in [4.78, 5) is 0.833. The Hall–Kier alpha value is -1.65. The molecule has 19 heavy (non-hydrogen) atoms. The van der Waals surface area contributed by atoms with E-state index in [-0.39, 0.29) is 6.61 Å². The summed E-state index contributed by atoms with van der Waals surface area (Å²) in [6, 6.07) is 15.4. The molecule has 2 aromatic rings. The molecule has 3 nitrogen and oxygen atoms in total. The van der Waals surface area contributed by atoms with Crippen LogP contribution in [0.15, 0.2) is 53.4 Å². The highest BCUT2D eigenvalue weighted by Crippen LogP contribution is 2.16. The highest BCUT2D eigenvalue weighted by atomic mass is 32.2. The molecule has 0 amide bonds. The van der Waals surface area contributed by atoms with Gasteiger partial charge in [-0.15, -0.1) is 0 Å². The lowest BCUT2D eigenvalue weighted by Gasteiger charge is -2.10. The average Bonchev–Trinajstić information content (AvgIpc) is 2.45. The molecule has 0 aliphatic rings. The van der Waals surface area contributed by atoms with Gasteiger partial charge in [0.05, 0.1) is 6.61 Å². The molecule has 100 valence electrons. The maximum Gasteiger partial charge on any atom is 0.0701 e. The second kappa shape index (κ2) is 6.50. The van der Waals surface area contributed by atoms with E-state index in [2.05, 4.69) is 5.32 Å². The van der Waals surface area contributed by atoms with Gasteiger partial charge in [0.25, 0.3) is 0 Å². The van der Waals surface area contributed by atoms with E-state index in [4.69, 9.17) is 0 Å². The van der Waals surface area contributed by atoms with Crippen LogP contribution in [0.3, 0.4) is 0 Å². The van der Waals surface area contributed by atoms with Gasteiger partial charge in [-0.3, -0.25) is 4.21 Å². The molecule has 0 aliphatic carbocycles. The van der Waals surface area contributed by atoms with Gasteiger partial charge in [0.15, 0.2) is 0 Å². The van der Waals surface area contributed by atoms with Crippen molar-refractivity contribution < 1.29 is 9.32 Å². The van der Waals surface area contributed by atoms with E-state index in [0.29, 0.717) is 6.54 Å². The molecular formula is C15H17NO2S. The van der Waals surface area contributed by atoms with E-state index in [1.165, 1.54) is 0 Å². The van der Waals surface area contributed by atoms with Crippen LogP contribution in [0.4, 0.5) is 5.69 Å². The van der Waals surface area contributed by atoms with E-state index in [0.717, 1.165) is 21.7 Å². The number of rotatable bonds is 5. The molecular weight excluding hydrogens is 258 g/mol. The Bertz CT molecular complexity index is 567. The zero-order valence-corrected chi connectivity index (χ0v) is 11.6. The zero-order chi connectivity index (χ0) is 13.7. The summed E-state index contributed by atoms with van der Waals surface area (Å²) in [6.07, 6.45) is 1.67. The van der Waals surface area contributed by atoms with E-state index < -0.39 is 10.8 Å². The molecule has 1 atom stereocenters. The number of aliphatic hydroxyl groups excluding tert-OH is 1. The van der Waals surface area contributed by atoms with Gasteiger partial charge < -0.3 is 10.4 Å². The quantitative estimate of drug-likeness (QED) is 0.881. The van der Waals surface area contributed by atoms with Gasteiger partial charge in [-0.05, 0) is 23.8 Å². The predicted octanol–water partition coefficient (Wildman–Crippen LogP) is 2.53. The Labute approximate surface area is 115 Å². The van der Waals surface area contributed by atoms with E-state index >= 15 is 0 Å².